The lowest BCUT2D eigenvalue weighted by atomic mass is 10.2. The highest BCUT2D eigenvalue weighted by Gasteiger charge is 2.02. The monoisotopic (exact) mass is 267 g/mol. The summed E-state index contributed by atoms with van der Waals surface area (Å²) in [5.74, 6) is 0. The molecule has 0 aliphatic heterocycles. The minimum atomic E-state index is 0.267. The van der Waals surface area contributed by atoms with Gasteiger partial charge in [0.05, 0.1) is 12.7 Å². The Morgan fingerprint density at radius 2 is 2.13 bits per heavy atom. The van der Waals surface area contributed by atoms with E-state index in [2.05, 4.69) is 39.1 Å². The largest absolute Gasteiger partial charge is 0.373 e. The Labute approximate surface area is 97.8 Å². The average molecular weight is 268 g/mol. The van der Waals surface area contributed by atoms with Crippen molar-refractivity contribution in [1.29, 1.82) is 0 Å². The lowest BCUT2D eigenvalue weighted by Gasteiger charge is -2.04. The summed E-state index contributed by atoms with van der Waals surface area (Å²) >= 11 is 3.45. The lowest BCUT2D eigenvalue weighted by molar-refractivity contribution is 0.0639. The molecule has 1 aromatic carbocycles. The SMILES string of the molecule is CC(C)OCc1cc2ccc(Br)cc2[nH]1. The second kappa shape index (κ2) is 4.37. The highest BCUT2D eigenvalue weighted by Crippen LogP contribution is 2.20. The summed E-state index contributed by atoms with van der Waals surface area (Å²) in [4.78, 5) is 3.34. The maximum absolute atomic E-state index is 5.54. The molecule has 0 bridgehead atoms. The Hall–Kier alpha value is -0.800. The Morgan fingerprint density at radius 3 is 2.87 bits per heavy atom. The van der Waals surface area contributed by atoms with Crippen LogP contribution in [-0.2, 0) is 11.3 Å². The molecular weight excluding hydrogens is 254 g/mol. The van der Waals surface area contributed by atoms with Crippen LogP contribution in [0.3, 0.4) is 0 Å². The molecule has 1 heterocycles. The third-order valence-electron chi connectivity index (χ3n) is 2.21. The molecule has 0 aliphatic rings. The van der Waals surface area contributed by atoms with Crippen molar-refractivity contribution >= 4 is 26.8 Å². The third-order valence-corrected chi connectivity index (χ3v) is 2.71. The van der Waals surface area contributed by atoms with Crippen LogP contribution in [0.4, 0.5) is 0 Å². The molecule has 0 amide bonds. The van der Waals surface area contributed by atoms with Crippen LogP contribution in [0.2, 0.25) is 0 Å². The standard InChI is InChI=1S/C12H14BrNO/c1-8(2)15-7-11-5-9-3-4-10(13)6-12(9)14-11/h3-6,8,14H,7H2,1-2H3. The number of aromatic nitrogens is 1. The first kappa shape index (κ1) is 10.7. The van der Waals surface area contributed by atoms with Crippen LogP contribution in [0.25, 0.3) is 10.9 Å². The van der Waals surface area contributed by atoms with E-state index in [4.69, 9.17) is 4.74 Å². The minimum Gasteiger partial charge on any atom is -0.373 e. The zero-order chi connectivity index (χ0) is 10.8. The molecule has 0 aliphatic carbocycles. The van der Waals surface area contributed by atoms with Gasteiger partial charge in [0.25, 0.3) is 0 Å². The number of halogens is 1. The fourth-order valence-electron chi connectivity index (χ4n) is 1.49. The van der Waals surface area contributed by atoms with Gasteiger partial charge in [0.1, 0.15) is 0 Å². The van der Waals surface area contributed by atoms with Crippen molar-refractivity contribution in [2.24, 2.45) is 0 Å². The maximum Gasteiger partial charge on any atom is 0.0869 e. The van der Waals surface area contributed by atoms with Crippen molar-refractivity contribution in [3.8, 4) is 0 Å². The molecule has 1 N–H and O–H groups in total. The first-order valence-electron chi connectivity index (χ1n) is 5.04. The van der Waals surface area contributed by atoms with E-state index in [-0.39, 0.29) is 6.10 Å². The number of rotatable bonds is 3. The second-order valence-electron chi connectivity index (χ2n) is 3.89. The molecule has 1 aromatic heterocycles. The van der Waals surface area contributed by atoms with E-state index in [0.717, 1.165) is 15.7 Å². The van der Waals surface area contributed by atoms with Crippen molar-refractivity contribution in [3.63, 3.8) is 0 Å². The van der Waals surface area contributed by atoms with Crippen LogP contribution in [0, 0.1) is 0 Å². The number of hydrogen-bond donors (Lipinski definition) is 1. The van der Waals surface area contributed by atoms with E-state index >= 15 is 0 Å². The molecule has 2 rings (SSSR count). The third kappa shape index (κ3) is 2.61. The Balaban J connectivity index is 2.23. The Morgan fingerprint density at radius 1 is 1.33 bits per heavy atom. The van der Waals surface area contributed by atoms with Gasteiger partial charge >= 0.3 is 0 Å². The fraction of sp³-hybridized carbons (Fsp3) is 0.333. The van der Waals surface area contributed by atoms with Crippen molar-refractivity contribution in [2.75, 3.05) is 0 Å². The minimum absolute atomic E-state index is 0.267. The van der Waals surface area contributed by atoms with Gasteiger partial charge in [0, 0.05) is 15.7 Å². The summed E-state index contributed by atoms with van der Waals surface area (Å²) in [6, 6.07) is 8.34. The van der Waals surface area contributed by atoms with Gasteiger partial charge in [-0.1, -0.05) is 22.0 Å². The van der Waals surface area contributed by atoms with Gasteiger partial charge in [-0.2, -0.15) is 0 Å². The van der Waals surface area contributed by atoms with E-state index in [1.807, 2.05) is 19.9 Å². The smallest absolute Gasteiger partial charge is 0.0869 e. The second-order valence-corrected chi connectivity index (χ2v) is 4.80. The molecule has 15 heavy (non-hydrogen) atoms. The van der Waals surface area contributed by atoms with Crippen LogP contribution in [0.1, 0.15) is 19.5 Å². The van der Waals surface area contributed by atoms with Crippen LogP contribution in [0.5, 0.6) is 0 Å². The van der Waals surface area contributed by atoms with Gasteiger partial charge in [-0.05, 0) is 37.4 Å². The molecule has 0 saturated heterocycles. The van der Waals surface area contributed by atoms with E-state index in [1.165, 1.54) is 5.39 Å². The molecule has 0 unspecified atom stereocenters. The number of benzene rings is 1. The number of nitrogens with one attached hydrogen (secondary N) is 1. The van der Waals surface area contributed by atoms with E-state index in [1.54, 1.807) is 0 Å². The van der Waals surface area contributed by atoms with Crippen LogP contribution in [0.15, 0.2) is 28.7 Å². The summed E-state index contributed by atoms with van der Waals surface area (Å²) < 4.78 is 6.64. The molecule has 0 radical (unpaired) electrons. The van der Waals surface area contributed by atoms with Gasteiger partial charge in [-0.25, -0.2) is 0 Å². The zero-order valence-electron chi connectivity index (χ0n) is 8.88. The van der Waals surface area contributed by atoms with Crippen LogP contribution < -0.4 is 0 Å². The van der Waals surface area contributed by atoms with E-state index in [0.29, 0.717) is 6.61 Å². The predicted molar refractivity (Wildman–Crippen MR) is 65.9 cm³/mol. The van der Waals surface area contributed by atoms with E-state index in [9.17, 15) is 0 Å². The van der Waals surface area contributed by atoms with Crippen LogP contribution in [-0.4, -0.2) is 11.1 Å². The van der Waals surface area contributed by atoms with Crippen molar-refractivity contribution in [1.82, 2.24) is 4.98 Å². The summed E-state index contributed by atoms with van der Waals surface area (Å²) in [6.45, 7) is 4.72. The van der Waals surface area contributed by atoms with Crippen molar-refractivity contribution in [3.05, 3.63) is 34.4 Å². The average Bonchev–Trinajstić information content (AvgIpc) is 2.56. The quantitative estimate of drug-likeness (QED) is 0.898. The maximum atomic E-state index is 5.54. The molecule has 0 atom stereocenters. The van der Waals surface area contributed by atoms with Crippen molar-refractivity contribution < 1.29 is 4.74 Å². The molecule has 0 saturated carbocycles. The van der Waals surface area contributed by atoms with Gasteiger partial charge in [-0.15, -0.1) is 0 Å². The highest BCUT2D eigenvalue weighted by atomic mass is 79.9. The molecule has 0 fully saturated rings. The number of hydrogen-bond acceptors (Lipinski definition) is 1. The fourth-order valence-corrected chi connectivity index (χ4v) is 1.85. The zero-order valence-corrected chi connectivity index (χ0v) is 10.5. The van der Waals surface area contributed by atoms with Crippen LogP contribution >= 0.6 is 15.9 Å². The van der Waals surface area contributed by atoms with Gasteiger partial charge in [-0.3, -0.25) is 0 Å². The molecule has 2 nitrogen and oxygen atoms in total. The topological polar surface area (TPSA) is 25.0 Å². The molecule has 2 aromatic rings. The molecule has 0 spiro atoms. The van der Waals surface area contributed by atoms with E-state index < -0.39 is 0 Å². The summed E-state index contributed by atoms with van der Waals surface area (Å²) in [5.41, 5.74) is 2.27. The molecule has 3 heteroatoms. The molecular formula is C12H14BrNO. The highest BCUT2D eigenvalue weighted by molar-refractivity contribution is 9.10. The Kier molecular flexibility index (Phi) is 3.12. The number of ether oxygens (including phenoxy) is 1. The molecule has 80 valence electrons. The van der Waals surface area contributed by atoms with Crippen molar-refractivity contribution in [2.45, 2.75) is 26.6 Å². The van der Waals surface area contributed by atoms with Gasteiger partial charge in [0.2, 0.25) is 0 Å². The summed E-state index contributed by atoms with van der Waals surface area (Å²) in [6.07, 6.45) is 0.267. The lowest BCUT2D eigenvalue weighted by Crippen LogP contribution is -2.02. The predicted octanol–water partition coefficient (Wildman–Crippen LogP) is 3.86. The number of H-pyrrole nitrogens is 1. The Bertz CT molecular complexity index is 462. The summed E-state index contributed by atoms with van der Waals surface area (Å²) in [7, 11) is 0. The number of aromatic amines is 1. The first-order chi connectivity index (χ1) is 7.15. The normalized spacial score (nSPS) is 11.5. The van der Waals surface area contributed by atoms with Gasteiger partial charge in [0.15, 0.2) is 0 Å². The first-order valence-corrected chi connectivity index (χ1v) is 5.83. The van der Waals surface area contributed by atoms with Gasteiger partial charge < -0.3 is 9.72 Å². The number of fused-ring (bicyclic) bond motifs is 1. The summed E-state index contributed by atoms with van der Waals surface area (Å²) in [5, 5.41) is 1.22.